The molecule has 21 heavy (non-hydrogen) atoms. The first-order chi connectivity index (χ1) is 9.97. The minimum absolute atomic E-state index is 0.0674. The molecule has 0 amide bonds. The quantitative estimate of drug-likeness (QED) is 0.559. The molecule has 0 atom stereocenters. The highest BCUT2D eigenvalue weighted by Gasteiger charge is 2.23. The van der Waals surface area contributed by atoms with E-state index in [9.17, 15) is 19.5 Å². The fourth-order valence-electron chi connectivity index (χ4n) is 1.79. The number of benzene rings is 1. The molecule has 0 bridgehead atoms. The number of rotatable bonds is 8. The topological polar surface area (TPSA) is 101 Å². The maximum atomic E-state index is 12.0. The largest absolute Gasteiger partial charge is 0.478 e. The fourth-order valence-corrected chi connectivity index (χ4v) is 1.79. The molecule has 112 valence electrons. The number of hydrogen-bond donors (Lipinski definition) is 2. The lowest BCUT2D eigenvalue weighted by molar-refractivity contribution is -0.136. The van der Waals surface area contributed by atoms with E-state index in [0.717, 1.165) is 0 Å². The zero-order valence-corrected chi connectivity index (χ0v) is 11.5. The number of ether oxygens (including phenoxy) is 1. The Hall–Kier alpha value is -2.47. The van der Waals surface area contributed by atoms with Gasteiger partial charge in [-0.1, -0.05) is 30.3 Å². The van der Waals surface area contributed by atoms with Crippen molar-refractivity contribution in [2.45, 2.75) is 12.8 Å². The zero-order valence-electron chi connectivity index (χ0n) is 11.5. The second-order valence-corrected chi connectivity index (χ2v) is 4.28. The van der Waals surface area contributed by atoms with Crippen molar-refractivity contribution in [1.29, 1.82) is 0 Å². The second kappa shape index (κ2) is 7.96. The Labute approximate surface area is 121 Å². The molecular formula is C15H16O6. The van der Waals surface area contributed by atoms with Crippen molar-refractivity contribution in [3.05, 3.63) is 47.0 Å². The van der Waals surface area contributed by atoms with Crippen LogP contribution in [0.15, 0.2) is 41.5 Å². The summed E-state index contributed by atoms with van der Waals surface area (Å²) in [6.45, 7) is 0.0674. The molecule has 1 rings (SSSR count). The van der Waals surface area contributed by atoms with Crippen LogP contribution in [0.3, 0.4) is 0 Å². The number of ketones is 1. The molecule has 0 aliphatic rings. The molecule has 0 aliphatic carbocycles. The molecule has 0 fully saturated rings. The van der Waals surface area contributed by atoms with Gasteiger partial charge in [-0.05, 0) is 0 Å². The van der Waals surface area contributed by atoms with Gasteiger partial charge in [-0.25, -0.2) is 9.59 Å². The highest BCUT2D eigenvalue weighted by molar-refractivity contribution is 6.06. The lowest BCUT2D eigenvalue weighted by Gasteiger charge is -2.08. The summed E-state index contributed by atoms with van der Waals surface area (Å²) < 4.78 is 4.77. The van der Waals surface area contributed by atoms with Crippen molar-refractivity contribution in [3.8, 4) is 0 Å². The van der Waals surface area contributed by atoms with E-state index in [0.29, 0.717) is 5.56 Å². The lowest BCUT2D eigenvalue weighted by atomic mass is 9.97. The first-order valence-corrected chi connectivity index (χ1v) is 6.23. The molecule has 0 aromatic heterocycles. The number of carboxylic acid groups (broad SMARTS) is 2. The Morgan fingerprint density at radius 3 is 2.05 bits per heavy atom. The number of aliphatic carboxylic acids is 2. The van der Waals surface area contributed by atoms with E-state index >= 15 is 0 Å². The number of hydrogen-bond acceptors (Lipinski definition) is 4. The van der Waals surface area contributed by atoms with E-state index < -0.39 is 29.7 Å². The predicted octanol–water partition coefficient (Wildman–Crippen LogP) is 1.76. The molecule has 6 nitrogen and oxygen atoms in total. The van der Waals surface area contributed by atoms with Gasteiger partial charge >= 0.3 is 11.9 Å². The summed E-state index contributed by atoms with van der Waals surface area (Å²) in [5.74, 6) is -3.21. The summed E-state index contributed by atoms with van der Waals surface area (Å²) in [5, 5.41) is 18.3. The van der Waals surface area contributed by atoms with Gasteiger partial charge in [0.25, 0.3) is 0 Å². The maximum Gasteiger partial charge on any atom is 0.332 e. The van der Waals surface area contributed by atoms with Gasteiger partial charge in [-0.3, -0.25) is 4.79 Å². The number of methoxy groups -OCH3 is 1. The van der Waals surface area contributed by atoms with Gasteiger partial charge in [0.05, 0.1) is 17.8 Å². The number of carbonyl (C=O) groups is 3. The highest BCUT2D eigenvalue weighted by Crippen LogP contribution is 2.17. The molecule has 0 saturated carbocycles. The van der Waals surface area contributed by atoms with Gasteiger partial charge in [0, 0.05) is 25.5 Å². The smallest absolute Gasteiger partial charge is 0.332 e. The van der Waals surface area contributed by atoms with Crippen molar-refractivity contribution < 1.29 is 29.3 Å². The lowest BCUT2D eigenvalue weighted by Crippen LogP contribution is -2.16. The normalized spacial score (nSPS) is 11.7. The summed E-state index contributed by atoms with van der Waals surface area (Å²) in [5.41, 5.74) is -0.380. The van der Waals surface area contributed by atoms with Crippen LogP contribution in [0, 0.1) is 0 Å². The molecule has 6 heteroatoms. The SMILES string of the molecule is COCC/C(C(=O)O)=C(/CC(=O)c1ccccc1)C(=O)O. The summed E-state index contributed by atoms with van der Waals surface area (Å²) in [6.07, 6.45) is -0.541. The van der Waals surface area contributed by atoms with E-state index in [1.807, 2.05) is 0 Å². The van der Waals surface area contributed by atoms with Gasteiger partial charge in [0.2, 0.25) is 0 Å². The number of carboxylic acids is 2. The summed E-state index contributed by atoms with van der Waals surface area (Å²) >= 11 is 0. The summed E-state index contributed by atoms with van der Waals surface area (Å²) in [6, 6.07) is 8.14. The van der Waals surface area contributed by atoms with Gasteiger partial charge in [0.1, 0.15) is 0 Å². The molecule has 0 heterocycles. The second-order valence-electron chi connectivity index (χ2n) is 4.28. The van der Waals surface area contributed by atoms with Crippen LogP contribution in [0.2, 0.25) is 0 Å². The molecule has 0 radical (unpaired) electrons. The Bertz CT molecular complexity index is 559. The molecule has 0 saturated heterocycles. The molecule has 0 unspecified atom stereocenters. The molecular weight excluding hydrogens is 276 g/mol. The molecule has 0 spiro atoms. The third kappa shape index (κ3) is 4.85. The molecule has 2 N–H and O–H groups in total. The summed E-state index contributed by atoms with van der Waals surface area (Å²) in [4.78, 5) is 34.5. The maximum absolute atomic E-state index is 12.0. The first-order valence-electron chi connectivity index (χ1n) is 6.23. The van der Waals surface area contributed by atoms with E-state index in [1.54, 1.807) is 30.3 Å². The standard InChI is InChI=1S/C15H16O6/c1-21-8-7-11(14(17)18)12(15(19)20)9-13(16)10-5-3-2-4-6-10/h2-6H,7-9H2,1H3,(H,17,18)(H,19,20)/b12-11+. The zero-order chi connectivity index (χ0) is 15.8. The molecule has 1 aromatic rings. The van der Waals surface area contributed by atoms with Crippen molar-refractivity contribution in [1.82, 2.24) is 0 Å². The van der Waals surface area contributed by atoms with Crippen LogP contribution in [-0.2, 0) is 14.3 Å². The van der Waals surface area contributed by atoms with Gasteiger partial charge in [0.15, 0.2) is 5.78 Å². The van der Waals surface area contributed by atoms with Gasteiger partial charge < -0.3 is 14.9 Å². The van der Waals surface area contributed by atoms with Crippen LogP contribution in [0.1, 0.15) is 23.2 Å². The van der Waals surface area contributed by atoms with Gasteiger partial charge in [-0.15, -0.1) is 0 Å². The third-order valence-corrected chi connectivity index (χ3v) is 2.87. The van der Waals surface area contributed by atoms with E-state index in [2.05, 4.69) is 0 Å². The van der Waals surface area contributed by atoms with Gasteiger partial charge in [-0.2, -0.15) is 0 Å². The third-order valence-electron chi connectivity index (χ3n) is 2.87. The van der Waals surface area contributed by atoms with Crippen LogP contribution in [0.4, 0.5) is 0 Å². The Kier molecular flexibility index (Phi) is 6.29. The molecule has 0 aliphatic heterocycles. The predicted molar refractivity (Wildman–Crippen MR) is 74.2 cm³/mol. The van der Waals surface area contributed by atoms with Crippen LogP contribution in [0.5, 0.6) is 0 Å². The minimum Gasteiger partial charge on any atom is -0.478 e. The van der Waals surface area contributed by atoms with E-state index in [-0.39, 0.29) is 18.6 Å². The number of Topliss-reactive ketones (excluding diaryl/α,β-unsaturated/α-hetero) is 1. The van der Waals surface area contributed by atoms with Crippen LogP contribution in [-0.4, -0.2) is 41.7 Å². The molecule has 1 aromatic carbocycles. The summed E-state index contributed by atoms with van der Waals surface area (Å²) in [7, 11) is 1.38. The minimum atomic E-state index is -1.41. The first kappa shape index (κ1) is 16.6. The van der Waals surface area contributed by atoms with Crippen LogP contribution < -0.4 is 0 Å². The Morgan fingerprint density at radius 1 is 1.00 bits per heavy atom. The van der Waals surface area contributed by atoms with Crippen molar-refractivity contribution in [2.24, 2.45) is 0 Å². The Morgan fingerprint density at radius 2 is 1.57 bits per heavy atom. The fraction of sp³-hybridized carbons (Fsp3) is 0.267. The van der Waals surface area contributed by atoms with Crippen molar-refractivity contribution >= 4 is 17.7 Å². The average molecular weight is 292 g/mol. The number of carbonyl (C=O) groups excluding carboxylic acids is 1. The van der Waals surface area contributed by atoms with E-state index in [1.165, 1.54) is 7.11 Å². The highest BCUT2D eigenvalue weighted by atomic mass is 16.5. The van der Waals surface area contributed by atoms with Crippen molar-refractivity contribution in [3.63, 3.8) is 0 Å². The van der Waals surface area contributed by atoms with Crippen molar-refractivity contribution in [2.75, 3.05) is 13.7 Å². The van der Waals surface area contributed by atoms with Crippen LogP contribution in [0.25, 0.3) is 0 Å². The van der Waals surface area contributed by atoms with E-state index in [4.69, 9.17) is 9.84 Å². The average Bonchev–Trinajstić information content (AvgIpc) is 2.46. The Balaban J connectivity index is 3.07. The van der Waals surface area contributed by atoms with Crippen LogP contribution >= 0.6 is 0 Å². The monoisotopic (exact) mass is 292 g/mol.